The lowest BCUT2D eigenvalue weighted by molar-refractivity contribution is 0.660. The number of hydrogen-bond acceptors (Lipinski definition) is 2. The van der Waals surface area contributed by atoms with Crippen molar-refractivity contribution >= 4 is 44.9 Å². The van der Waals surface area contributed by atoms with Crippen LogP contribution in [0.15, 0.2) is 188 Å². The Labute approximate surface area is 306 Å². The Kier molecular flexibility index (Phi) is 7.74. The zero-order valence-corrected chi connectivity index (χ0v) is 29.8. The minimum absolute atomic E-state index is 0.125. The molecular weight excluding hydrogens is 629 g/mol. The largest absolute Gasteiger partial charge is 0.311 e. The lowest BCUT2D eigenvalue weighted by Gasteiger charge is -2.31. The Bertz CT molecular complexity index is 2500. The van der Waals surface area contributed by atoms with Gasteiger partial charge in [0.05, 0.1) is 5.69 Å². The number of rotatable bonds is 7. The van der Waals surface area contributed by atoms with Gasteiger partial charge in [0.25, 0.3) is 0 Å². The van der Waals surface area contributed by atoms with E-state index in [4.69, 9.17) is 0 Å². The second-order valence-corrected chi connectivity index (χ2v) is 14.3. The van der Waals surface area contributed by atoms with Crippen molar-refractivity contribution in [2.75, 3.05) is 9.80 Å². The van der Waals surface area contributed by atoms with E-state index in [0.717, 1.165) is 34.1 Å². The molecule has 1 aliphatic carbocycles. The number of nitrogens with zero attached hydrogens (tertiary/aromatic N) is 2. The summed E-state index contributed by atoms with van der Waals surface area (Å²) in [6, 6.07) is 68.3. The molecule has 2 nitrogen and oxygen atoms in total. The van der Waals surface area contributed by atoms with Gasteiger partial charge in [-0.15, -0.1) is 0 Å². The van der Waals surface area contributed by atoms with Crippen LogP contribution >= 0.6 is 0 Å². The Hall–Kier alpha value is -6.38. The van der Waals surface area contributed by atoms with E-state index in [1.807, 2.05) is 0 Å². The summed E-state index contributed by atoms with van der Waals surface area (Å²) < 4.78 is 0. The molecule has 0 atom stereocenters. The van der Waals surface area contributed by atoms with Crippen LogP contribution in [0.2, 0.25) is 0 Å². The third-order valence-corrected chi connectivity index (χ3v) is 10.7. The summed E-state index contributed by atoms with van der Waals surface area (Å²) in [6.07, 6.45) is 0. The zero-order chi connectivity index (χ0) is 35.2. The third kappa shape index (κ3) is 5.36. The highest BCUT2D eigenvalue weighted by molar-refractivity contribution is 5.99. The van der Waals surface area contributed by atoms with Gasteiger partial charge in [-0.3, -0.25) is 0 Å². The number of fused-ring (bicyclic) bond motifs is 4. The number of benzene rings is 8. The number of aryl methyl sites for hydroxylation is 1. The lowest BCUT2D eigenvalue weighted by Crippen LogP contribution is -2.17. The van der Waals surface area contributed by atoms with Crippen LogP contribution in [0, 0.1) is 6.92 Å². The minimum Gasteiger partial charge on any atom is -0.311 e. The second-order valence-electron chi connectivity index (χ2n) is 14.3. The van der Waals surface area contributed by atoms with Crippen molar-refractivity contribution in [3.05, 3.63) is 205 Å². The molecule has 0 heterocycles. The SMILES string of the molecule is Cc1cccc2c1-c1ccc(N(c3ccc(N(c4ccccc4)c4ccccc4)cc3)c3cc4ccccc4cc3-c3ccccc3)cc1C2(C)C. The molecule has 0 bridgehead atoms. The van der Waals surface area contributed by atoms with Gasteiger partial charge in [-0.05, 0) is 124 Å². The van der Waals surface area contributed by atoms with E-state index in [0.29, 0.717) is 0 Å². The summed E-state index contributed by atoms with van der Waals surface area (Å²) in [7, 11) is 0. The minimum atomic E-state index is -0.125. The van der Waals surface area contributed by atoms with Crippen molar-refractivity contribution < 1.29 is 0 Å². The molecule has 52 heavy (non-hydrogen) atoms. The summed E-state index contributed by atoms with van der Waals surface area (Å²) in [4.78, 5) is 4.77. The van der Waals surface area contributed by atoms with Crippen molar-refractivity contribution in [2.45, 2.75) is 26.2 Å². The maximum absolute atomic E-state index is 2.46. The molecule has 0 radical (unpaired) electrons. The zero-order valence-electron chi connectivity index (χ0n) is 29.8. The monoisotopic (exact) mass is 668 g/mol. The molecule has 0 spiro atoms. The number of hydrogen-bond donors (Lipinski definition) is 0. The average Bonchev–Trinajstić information content (AvgIpc) is 3.43. The molecule has 0 saturated carbocycles. The maximum Gasteiger partial charge on any atom is 0.0546 e. The van der Waals surface area contributed by atoms with Gasteiger partial charge in [-0.2, -0.15) is 0 Å². The van der Waals surface area contributed by atoms with Crippen LogP contribution in [0.3, 0.4) is 0 Å². The fourth-order valence-electron chi connectivity index (χ4n) is 8.14. The summed E-state index contributed by atoms with van der Waals surface area (Å²) in [6.45, 7) is 6.97. The van der Waals surface area contributed by atoms with Crippen molar-refractivity contribution in [2.24, 2.45) is 0 Å². The topological polar surface area (TPSA) is 6.48 Å². The highest BCUT2D eigenvalue weighted by atomic mass is 15.2. The molecule has 1 aliphatic rings. The molecule has 8 aromatic carbocycles. The molecule has 2 heteroatoms. The van der Waals surface area contributed by atoms with Gasteiger partial charge < -0.3 is 9.80 Å². The number of para-hydroxylation sites is 2. The summed E-state index contributed by atoms with van der Waals surface area (Å²) in [5.74, 6) is 0. The summed E-state index contributed by atoms with van der Waals surface area (Å²) in [5.41, 5.74) is 15.8. The highest BCUT2D eigenvalue weighted by Gasteiger charge is 2.37. The standard InChI is InChI=1S/C50H40N2/c1-35-16-15-25-46-49(35)44-31-30-43(34-47(44)50(46,2)3)52(48-33-38-20-14-13-19-37(38)32-45(48)36-17-7-4-8-18-36)42-28-26-41(27-29-42)51(39-21-9-5-10-22-39)40-23-11-6-12-24-40/h4-34H,1-3H3. The van der Waals surface area contributed by atoms with Gasteiger partial charge in [0, 0.05) is 39.4 Å². The average molecular weight is 669 g/mol. The van der Waals surface area contributed by atoms with Gasteiger partial charge >= 0.3 is 0 Å². The Morgan fingerprint density at radius 2 is 0.904 bits per heavy atom. The van der Waals surface area contributed by atoms with Gasteiger partial charge in [-0.25, -0.2) is 0 Å². The molecule has 0 saturated heterocycles. The molecule has 0 aromatic heterocycles. The second kappa shape index (κ2) is 12.7. The van der Waals surface area contributed by atoms with Gasteiger partial charge in [0.2, 0.25) is 0 Å². The van der Waals surface area contributed by atoms with Crippen LogP contribution in [0.1, 0.15) is 30.5 Å². The molecule has 0 unspecified atom stereocenters. The number of anilines is 6. The van der Waals surface area contributed by atoms with E-state index in [-0.39, 0.29) is 5.41 Å². The Morgan fingerprint density at radius 1 is 0.385 bits per heavy atom. The molecule has 0 N–H and O–H groups in total. The van der Waals surface area contributed by atoms with Crippen LogP contribution < -0.4 is 9.80 Å². The van der Waals surface area contributed by atoms with Gasteiger partial charge in [0.1, 0.15) is 0 Å². The van der Waals surface area contributed by atoms with E-state index >= 15 is 0 Å². The molecule has 0 fully saturated rings. The first-order chi connectivity index (χ1) is 25.5. The first kappa shape index (κ1) is 31.6. The van der Waals surface area contributed by atoms with E-state index in [1.165, 1.54) is 49.7 Å². The smallest absolute Gasteiger partial charge is 0.0546 e. The first-order valence-corrected chi connectivity index (χ1v) is 18.1. The highest BCUT2D eigenvalue weighted by Crippen LogP contribution is 2.52. The van der Waals surface area contributed by atoms with Crippen LogP contribution in [0.4, 0.5) is 34.1 Å². The molecular formula is C50H40N2. The Morgan fingerprint density at radius 3 is 1.54 bits per heavy atom. The third-order valence-electron chi connectivity index (χ3n) is 10.7. The lowest BCUT2D eigenvalue weighted by atomic mass is 9.82. The molecule has 250 valence electrons. The quantitative estimate of drug-likeness (QED) is 0.167. The fraction of sp³-hybridized carbons (Fsp3) is 0.0800. The molecule has 0 amide bonds. The first-order valence-electron chi connectivity index (χ1n) is 18.1. The summed E-state index contributed by atoms with van der Waals surface area (Å²) >= 11 is 0. The van der Waals surface area contributed by atoms with E-state index < -0.39 is 0 Å². The maximum atomic E-state index is 2.46. The predicted octanol–water partition coefficient (Wildman–Crippen LogP) is 14.1. The van der Waals surface area contributed by atoms with Crippen molar-refractivity contribution in [1.82, 2.24) is 0 Å². The van der Waals surface area contributed by atoms with E-state index in [9.17, 15) is 0 Å². The van der Waals surface area contributed by atoms with Crippen molar-refractivity contribution in [3.8, 4) is 22.3 Å². The normalized spacial score (nSPS) is 12.7. The Balaban J connectivity index is 1.26. The van der Waals surface area contributed by atoms with E-state index in [1.54, 1.807) is 0 Å². The van der Waals surface area contributed by atoms with Gasteiger partial charge in [0.15, 0.2) is 0 Å². The van der Waals surface area contributed by atoms with Gasteiger partial charge in [-0.1, -0.05) is 129 Å². The summed E-state index contributed by atoms with van der Waals surface area (Å²) in [5, 5.41) is 2.44. The molecule has 8 aromatic rings. The van der Waals surface area contributed by atoms with Crippen LogP contribution in [0.25, 0.3) is 33.0 Å². The van der Waals surface area contributed by atoms with Crippen molar-refractivity contribution in [3.63, 3.8) is 0 Å². The predicted molar refractivity (Wildman–Crippen MR) is 221 cm³/mol. The fourth-order valence-corrected chi connectivity index (χ4v) is 8.14. The van der Waals surface area contributed by atoms with Crippen LogP contribution in [-0.2, 0) is 5.41 Å². The van der Waals surface area contributed by atoms with E-state index in [2.05, 4.69) is 219 Å². The molecule has 0 aliphatic heterocycles. The van der Waals surface area contributed by atoms with Crippen molar-refractivity contribution in [1.29, 1.82) is 0 Å². The van der Waals surface area contributed by atoms with Crippen LogP contribution in [-0.4, -0.2) is 0 Å². The van der Waals surface area contributed by atoms with Crippen LogP contribution in [0.5, 0.6) is 0 Å². The molecule has 9 rings (SSSR count).